The molecule has 15 heteroatoms. The van der Waals surface area contributed by atoms with E-state index in [0.29, 0.717) is 23.6 Å². The molecule has 192 valence electrons. The molecule has 2 aromatic heterocycles. The Kier molecular flexibility index (Phi) is 11.6. The molecule has 2 aromatic rings. The summed E-state index contributed by atoms with van der Waals surface area (Å²) in [5, 5.41) is 17.0. The van der Waals surface area contributed by atoms with E-state index in [1.807, 2.05) is 6.26 Å². The zero-order valence-electron chi connectivity index (χ0n) is 19.1. The molecule has 0 fully saturated rings. The first-order valence-corrected chi connectivity index (χ1v) is 12.7. The van der Waals surface area contributed by atoms with Gasteiger partial charge in [0.25, 0.3) is 0 Å². The van der Waals surface area contributed by atoms with Gasteiger partial charge in [-0.2, -0.15) is 24.4 Å². The Balaban J connectivity index is 2.07. The van der Waals surface area contributed by atoms with Gasteiger partial charge in [0, 0.05) is 42.4 Å². The van der Waals surface area contributed by atoms with Crippen LogP contribution in [0.5, 0.6) is 0 Å². The van der Waals surface area contributed by atoms with Gasteiger partial charge < -0.3 is 36.8 Å². The van der Waals surface area contributed by atoms with E-state index >= 15 is 0 Å². The maximum absolute atomic E-state index is 13.0. The highest BCUT2D eigenvalue weighted by atomic mass is 32.2. The monoisotopic (exact) mass is 526 g/mol. The number of carbonyl (C=O) groups excluding carboxylic acids is 3. The Labute approximate surface area is 211 Å². The molecule has 4 atom stereocenters. The van der Waals surface area contributed by atoms with Crippen molar-refractivity contribution >= 4 is 48.1 Å². The molecule has 0 spiro atoms. The highest BCUT2D eigenvalue weighted by Gasteiger charge is 2.30. The van der Waals surface area contributed by atoms with Gasteiger partial charge in [-0.25, -0.2) is 14.8 Å². The Morgan fingerprint density at radius 2 is 1.49 bits per heavy atom. The van der Waals surface area contributed by atoms with E-state index in [0.717, 1.165) is 0 Å². The topological polar surface area (TPSA) is 208 Å². The molecule has 0 aliphatic heterocycles. The number of nitrogens with two attached hydrogens (primary N) is 1. The van der Waals surface area contributed by atoms with Crippen LogP contribution in [-0.2, 0) is 32.0 Å². The third-order valence-corrected chi connectivity index (χ3v) is 6.00. The molecule has 0 saturated carbocycles. The molecule has 0 aliphatic rings. The second-order valence-electron chi connectivity index (χ2n) is 7.65. The molecule has 4 unspecified atom stereocenters. The largest absolute Gasteiger partial charge is 0.480 e. The number of aromatic nitrogens is 4. The van der Waals surface area contributed by atoms with Crippen molar-refractivity contribution in [3.63, 3.8) is 0 Å². The number of H-pyrrole nitrogens is 2. The van der Waals surface area contributed by atoms with Crippen LogP contribution in [-0.4, -0.2) is 90.7 Å². The van der Waals surface area contributed by atoms with E-state index in [-0.39, 0.29) is 18.6 Å². The third-order valence-electron chi connectivity index (χ3n) is 4.99. The zero-order chi connectivity index (χ0) is 25.8. The number of imidazole rings is 2. The van der Waals surface area contributed by atoms with Crippen LogP contribution in [0.2, 0.25) is 0 Å². The second kappa shape index (κ2) is 14.4. The number of aliphatic carboxylic acids is 1. The second-order valence-corrected chi connectivity index (χ2v) is 9.00. The number of nitrogens with zero attached hydrogens (tertiary/aromatic N) is 2. The number of hydrogen-bond donors (Lipinski definition) is 8. The summed E-state index contributed by atoms with van der Waals surface area (Å²) in [6.45, 7) is 0. The molecule has 0 aromatic carbocycles. The van der Waals surface area contributed by atoms with Crippen LogP contribution in [0.25, 0.3) is 0 Å². The van der Waals surface area contributed by atoms with Crippen LogP contribution in [0.4, 0.5) is 0 Å². The summed E-state index contributed by atoms with van der Waals surface area (Å²) < 4.78 is 0. The molecular weight excluding hydrogens is 496 g/mol. The first-order chi connectivity index (χ1) is 16.7. The number of carboxylic acids is 1. The minimum atomic E-state index is -1.25. The van der Waals surface area contributed by atoms with E-state index in [4.69, 9.17) is 5.73 Å². The summed E-state index contributed by atoms with van der Waals surface area (Å²) in [4.78, 5) is 63.3. The standard InChI is InChI=1S/C20H30N8O5S2/c1-35-3-2-13(21)17(29)26-14(4-11-6-22-9-24-11)18(30)28-16(8-34)19(31)27-15(20(32)33)5-12-7-23-10-25-12/h6-7,9-10,13-16,34H,2-5,8,21H2,1H3,(H,22,24)(H,23,25)(H,26,29)(H,27,31)(H,28,30)(H,32,33). The lowest BCUT2D eigenvalue weighted by Crippen LogP contribution is -2.58. The third kappa shape index (κ3) is 9.26. The maximum Gasteiger partial charge on any atom is 0.326 e. The Morgan fingerprint density at radius 3 is 1.97 bits per heavy atom. The van der Waals surface area contributed by atoms with Crippen LogP contribution < -0.4 is 21.7 Å². The van der Waals surface area contributed by atoms with Crippen molar-refractivity contribution < 1.29 is 24.3 Å². The first kappa shape index (κ1) is 28.2. The average molecular weight is 527 g/mol. The molecular formula is C20H30N8O5S2. The lowest BCUT2D eigenvalue weighted by Gasteiger charge is -2.24. The SMILES string of the molecule is CSCCC(N)C(=O)NC(Cc1cnc[nH]1)C(=O)NC(CS)C(=O)NC(Cc1cnc[nH]1)C(=O)O. The van der Waals surface area contributed by atoms with Gasteiger partial charge in [-0.3, -0.25) is 14.4 Å². The quantitative estimate of drug-likeness (QED) is 0.126. The van der Waals surface area contributed by atoms with E-state index in [1.165, 1.54) is 25.0 Å². The van der Waals surface area contributed by atoms with Crippen molar-refractivity contribution in [1.82, 2.24) is 35.9 Å². The number of carbonyl (C=O) groups is 4. The van der Waals surface area contributed by atoms with Gasteiger partial charge in [0.05, 0.1) is 18.7 Å². The molecule has 3 amide bonds. The van der Waals surface area contributed by atoms with E-state index in [2.05, 4.69) is 48.5 Å². The number of thioether (sulfide) groups is 1. The zero-order valence-corrected chi connectivity index (χ0v) is 20.8. The number of nitrogens with one attached hydrogen (secondary N) is 5. The van der Waals surface area contributed by atoms with Crippen molar-refractivity contribution in [1.29, 1.82) is 0 Å². The predicted octanol–water partition coefficient (Wildman–Crippen LogP) is -1.53. The smallest absolute Gasteiger partial charge is 0.326 e. The summed E-state index contributed by atoms with van der Waals surface area (Å²) in [7, 11) is 0. The number of aromatic amines is 2. The Bertz CT molecular complexity index is 957. The van der Waals surface area contributed by atoms with Gasteiger partial charge in [-0.05, 0) is 18.4 Å². The average Bonchev–Trinajstić information content (AvgIpc) is 3.54. The van der Waals surface area contributed by atoms with E-state index in [9.17, 15) is 24.3 Å². The van der Waals surface area contributed by atoms with Crippen LogP contribution in [0, 0.1) is 0 Å². The number of hydrogen-bond acceptors (Lipinski definition) is 9. The molecule has 2 rings (SSSR count). The van der Waals surface area contributed by atoms with E-state index < -0.39 is 47.9 Å². The molecule has 2 heterocycles. The minimum absolute atomic E-state index is 0.0270. The van der Waals surface area contributed by atoms with Crippen LogP contribution in [0.3, 0.4) is 0 Å². The molecule has 8 N–H and O–H groups in total. The number of thiol groups is 1. The molecule has 0 radical (unpaired) electrons. The lowest BCUT2D eigenvalue weighted by atomic mass is 10.1. The lowest BCUT2D eigenvalue weighted by molar-refractivity contribution is -0.142. The fourth-order valence-electron chi connectivity index (χ4n) is 3.04. The van der Waals surface area contributed by atoms with Gasteiger partial charge in [-0.15, -0.1) is 0 Å². The number of amides is 3. The Morgan fingerprint density at radius 1 is 0.971 bits per heavy atom. The van der Waals surface area contributed by atoms with Crippen LogP contribution in [0.15, 0.2) is 25.0 Å². The van der Waals surface area contributed by atoms with Gasteiger partial charge in [0.2, 0.25) is 17.7 Å². The van der Waals surface area contributed by atoms with Crippen LogP contribution in [0.1, 0.15) is 17.8 Å². The minimum Gasteiger partial charge on any atom is -0.480 e. The van der Waals surface area contributed by atoms with Gasteiger partial charge >= 0.3 is 5.97 Å². The van der Waals surface area contributed by atoms with E-state index in [1.54, 1.807) is 11.8 Å². The maximum atomic E-state index is 13.0. The molecule has 0 aliphatic carbocycles. The number of rotatable bonds is 15. The van der Waals surface area contributed by atoms with Crippen LogP contribution >= 0.6 is 24.4 Å². The fourth-order valence-corrected chi connectivity index (χ4v) is 3.78. The molecule has 0 bridgehead atoms. The normalized spacial score (nSPS) is 14.4. The first-order valence-electron chi connectivity index (χ1n) is 10.7. The van der Waals surface area contributed by atoms with Gasteiger partial charge in [-0.1, -0.05) is 0 Å². The van der Waals surface area contributed by atoms with Gasteiger partial charge in [0.15, 0.2) is 0 Å². The van der Waals surface area contributed by atoms with Crippen molar-refractivity contribution in [2.45, 2.75) is 43.4 Å². The summed E-state index contributed by atoms with van der Waals surface area (Å²) >= 11 is 5.67. The van der Waals surface area contributed by atoms with Crippen molar-refractivity contribution in [2.75, 3.05) is 17.8 Å². The summed E-state index contributed by atoms with van der Waals surface area (Å²) in [6, 6.07) is -4.26. The summed E-state index contributed by atoms with van der Waals surface area (Å²) in [5.41, 5.74) is 7.02. The molecule has 13 nitrogen and oxygen atoms in total. The van der Waals surface area contributed by atoms with Crippen molar-refractivity contribution in [2.24, 2.45) is 5.73 Å². The highest BCUT2D eigenvalue weighted by Crippen LogP contribution is 2.05. The Hall–Kier alpha value is -3.04. The fraction of sp³-hybridized carbons (Fsp3) is 0.500. The van der Waals surface area contributed by atoms with Crippen molar-refractivity contribution in [3.8, 4) is 0 Å². The van der Waals surface area contributed by atoms with Crippen molar-refractivity contribution in [3.05, 3.63) is 36.4 Å². The predicted molar refractivity (Wildman–Crippen MR) is 133 cm³/mol. The highest BCUT2D eigenvalue weighted by molar-refractivity contribution is 7.98. The molecule has 0 saturated heterocycles. The number of carboxylic acid groups (broad SMARTS) is 1. The summed E-state index contributed by atoms with van der Waals surface area (Å²) in [6.07, 6.45) is 8.17. The molecule has 35 heavy (non-hydrogen) atoms. The van der Waals surface area contributed by atoms with Gasteiger partial charge in [0.1, 0.15) is 18.1 Å². The summed E-state index contributed by atoms with van der Waals surface area (Å²) in [5.74, 6) is -2.57.